The smallest absolute Gasteiger partial charge is 0.158 e. The zero-order chi connectivity index (χ0) is 11.4. The molecule has 84 valence electrons. The highest BCUT2D eigenvalue weighted by atomic mass is 16.6. The molecule has 0 spiro atoms. The lowest BCUT2D eigenvalue weighted by molar-refractivity contribution is 0.0855. The van der Waals surface area contributed by atoms with E-state index in [9.17, 15) is 5.11 Å². The van der Waals surface area contributed by atoms with E-state index >= 15 is 0 Å². The normalized spacial score (nSPS) is 21.1. The van der Waals surface area contributed by atoms with Crippen molar-refractivity contribution in [2.75, 3.05) is 0 Å². The van der Waals surface area contributed by atoms with Crippen LogP contribution in [-0.2, 0) is 4.84 Å². The molecule has 0 saturated heterocycles. The largest absolute Gasteiger partial charge is 0.387 e. The Morgan fingerprint density at radius 3 is 2.94 bits per heavy atom. The van der Waals surface area contributed by atoms with Gasteiger partial charge in [0.05, 0.1) is 11.8 Å². The van der Waals surface area contributed by atoms with E-state index in [-0.39, 0.29) is 6.10 Å². The molecule has 2 rings (SSSR count). The molecule has 1 aromatic rings. The lowest BCUT2D eigenvalue weighted by Gasteiger charge is -2.08. The molecule has 1 aliphatic rings. The number of hydrogen-bond acceptors (Lipinski definition) is 3. The predicted octanol–water partition coefficient (Wildman–Crippen LogP) is 2.44. The zero-order valence-corrected chi connectivity index (χ0v) is 9.04. The van der Waals surface area contributed by atoms with Gasteiger partial charge in [0.25, 0.3) is 0 Å². The van der Waals surface area contributed by atoms with Crippen LogP contribution in [0.3, 0.4) is 0 Å². The summed E-state index contributed by atoms with van der Waals surface area (Å²) in [5.74, 6) is 0. The third-order valence-corrected chi connectivity index (χ3v) is 2.64. The van der Waals surface area contributed by atoms with Crippen molar-refractivity contribution < 1.29 is 9.94 Å². The molecule has 0 fully saturated rings. The van der Waals surface area contributed by atoms with Crippen LogP contribution in [0.2, 0.25) is 0 Å². The summed E-state index contributed by atoms with van der Waals surface area (Å²) in [5, 5.41) is 13.7. The maximum atomic E-state index is 9.73. The minimum absolute atomic E-state index is 0.0596. The molecular weight excluding hydrogens is 202 g/mol. The molecule has 0 saturated carbocycles. The minimum atomic E-state index is -0.564. The van der Waals surface area contributed by atoms with Gasteiger partial charge < -0.3 is 9.94 Å². The second-order valence-electron chi connectivity index (χ2n) is 3.83. The Balaban J connectivity index is 1.99. The van der Waals surface area contributed by atoms with Gasteiger partial charge in [-0.05, 0) is 12.0 Å². The molecule has 1 aliphatic heterocycles. The summed E-state index contributed by atoms with van der Waals surface area (Å²) in [6, 6.07) is 9.91. The molecule has 3 heteroatoms. The first-order chi connectivity index (χ1) is 7.81. The topological polar surface area (TPSA) is 41.8 Å². The van der Waals surface area contributed by atoms with Gasteiger partial charge in [-0.1, -0.05) is 41.6 Å². The molecule has 1 heterocycles. The average Bonchev–Trinajstić information content (AvgIpc) is 2.80. The van der Waals surface area contributed by atoms with Crippen LogP contribution < -0.4 is 0 Å². The van der Waals surface area contributed by atoms with E-state index in [2.05, 4.69) is 11.7 Å². The number of hydrogen-bond donors (Lipinski definition) is 1. The third-order valence-electron chi connectivity index (χ3n) is 2.64. The lowest BCUT2D eigenvalue weighted by Crippen LogP contribution is -2.18. The van der Waals surface area contributed by atoms with Crippen LogP contribution in [0.25, 0.3) is 0 Å². The second-order valence-corrected chi connectivity index (χ2v) is 3.83. The van der Waals surface area contributed by atoms with Crippen molar-refractivity contribution in [2.24, 2.45) is 5.16 Å². The van der Waals surface area contributed by atoms with E-state index in [0.717, 1.165) is 5.56 Å². The van der Waals surface area contributed by atoms with Crippen molar-refractivity contribution in [3.63, 3.8) is 0 Å². The number of aliphatic hydroxyl groups is 1. The molecule has 3 nitrogen and oxygen atoms in total. The summed E-state index contributed by atoms with van der Waals surface area (Å²) in [4.78, 5) is 5.31. The Kier molecular flexibility index (Phi) is 3.37. The highest BCUT2D eigenvalue weighted by Crippen LogP contribution is 2.28. The standard InChI is InChI=1S/C13H15NO2/c1-2-6-12(15)11-9-13(16-14-11)10-7-4-3-5-8-10/h2-5,7-8,12-13,15H,1,6,9H2/t12-,13+/m0/s1. The van der Waals surface area contributed by atoms with Gasteiger partial charge in [-0.3, -0.25) is 0 Å². The summed E-state index contributed by atoms with van der Waals surface area (Å²) >= 11 is 0. The quantitative estimate of drug-likeness (QED) is 0.787. The zero-order valence-electron chi connectivity index (χ0n) is 9.04. The van der Waals surface area contributed by atoms with Gasteiger partial charge in [0.1, 0.15) is 0 Å². The summed E-state index contributed by atoms with van der Waals surface area (Å²) in [6.07, 6.45) is 2.23. The van der Waals surface area contributed by atoms with E-state index in [4.69, 9.17) is 4.84 Å². The van der Waals surface area contributed by atoms with E-state index in [1.165, 1.54) is 0 Å². The van der Waals surface area contributed by atoms with Crippen molar-refractivity contribution >= 4 is 5.71 Å². The fraction of sp³-hybridized carbons (Fsp3) is 0.308. The van der Waals surface area contributed by atoms with Gasteiger partial charge in [0.2, 0.25) is 0 Å². The fourth-order valence-corrected chi connectivity index (χ4v) is 1.73. The van der Waals surface area contributed by atoms with Crippen LogP contribution in [0.4, 0.5) is 0 Å². The summed E-state index contributed by atoms with van der Waals surface area (Å²) in [6.45, 7) is 3.59. The molecule has 0 unspecified atom stereocenters. The summed E-state index contributed by atoms with van der Waals surface area (Å²) in [5.41, 5.74) is 1.79. The highest BCUT2D eigenvalue weighted by Gasteiger charge is 2.26. The Morgan fingerprint density at radius 2 is 2.25 bits per heavy atom. The Bertz CT molecular complexity index is 386. The van der Waals surface area contributed by atoms with E-state index in [0.29, 0.717) is 18.6 Å². The molecule has 1 aromatic carbocycles. The monoisotopic (exact) mass is 217 g/mol. The van der Waals surface area contributed by atoms with Crippen molar-refractivity contribution in [1.29, 1.82) is 0 Å². The van der Waals surface area contributed by atoms with Gasteiger partial charge >= 0.3 is 0 Å². The first-order valence-electron chi connectivity index (χ1n) is 5.37. The van der Waals surface area contributed by atoms with Gasteiger partial charge in [-0.15, -0.1) is 6.58 Å². The fourth-order valence-electron chi connectivity index (χ4n) is 1.73. The molecule has 0 bridgehead atoms. The maximum absolute atomic E-state index is 9.73. The maximum Gasteiger partial charge on any atom is 0.158 e. The van der Waals surface area contributed by atoms with Crippen molar-refractivity contribution in [3.05, 3.63) is 48.6 Å². The summed E-state index contributed by atoms with van der Waals surface area (Å²) < 4.78 is 0. The van der Waals surface area contributed by atoms with Crippen LogP contribution >= 0.6 is 0 Å². The number of aliphatic hydroxyl groups excluding tert-OH is 1. The van der Waals surface area contributed by atoms with E-state index in [1.807, 2.05) is 30.3 Å². The Labute approximate surface area is 95.0 Å². The highest BCUT2D eigenvalue weighted by molar-refractivity contribution is 5.89. The van der Waals surface area contributed by atoms with Crippen LogP contribution in [0.1, 0.15) is 24.5 Å². The first kappa shape index (κ1) is 10.9. The van der Waals surface area contributed by atoms with Gasteiger partial charge in [-0.25, -0.2) is 0 Å². The molecule has 0 radical (unpaired) electrons. The SMILES string of the molecule is C=CC[C@H](O)C1=NO[C@@H](c2ccccc2)C1. The van der Waals surface area contributed by atoms with Crippen LogP contribution in [0.15, 0.2) is 48.1 Å². The van der Waals surface area contributed by atoms with Crippen molar-refractivity contribution in [1.82, 2.24) is 0 Å². The second kappa shape index (κ2) is 4.94. The van der Waals surface area contributed by atoms with Crippen molar-refractivity contribution in [3.8, 4) is 0 Å². The number of rotatable bonds is 4. The van der Waals surface area contributed by atoms with Crippen molar-refractivity contribution in [2.45, 2.75) is 25.0 Å². The predicted molar refractivity (Wildman–Crippen MR) is 63.1 cm³/mol. The van der Waals surface area contributed by atoms with Gasteiger partial charge in [0.15, 0.2) is 6.10 Å². The van der Waals surface area contributed by atoms with Crippen LogP contribution in [0.5, 0.6) is 0 Å². The number of oxime groups is 1. The summed E-state index contributed by atoms with van der Waals surface area (Å²) in [7, 11) is 0. The van der Waals surface area contributed by atoms with Gasteiger partial charge in [-0.2, -0.15) is 0 Å². The van der Waals surface area contributed by atoms with Crippen LogP contribution in [0, 0.1) is 0 Å². The third kappa shape index (κ3) is 2.31. The average molecular weight is 217 g/mol. The lowest BCUT2D eigenvalue weighted by atomic mass is 10.0. The molecule has 1 N–H and O–H groups in total. The van der Waals surface area contributed by atoms with Gasteiger partial charge in [0, 0.05) is 6.42 Å². The molecular formula is C13H15NO2. The molecule has 0 aliphatic carbocycles. The molecule has 0 amide bonds. The Hall–Kier alpha value is -1.61. The van der Waals surface area contributed by atoms with E-state index < -0.39 is 6.10 Å². The number of nitrogens with zero attached hydrogens (tertiary/aromatic N) is 1. The minimum Gasteiger partial charge on any atom is -0.387 e. The molecule has 16 heavy (non-hydrogen) atoms. The molecule has 2 atom stereocenters. The Morgan fingerprint density at radius 1 is 1.50 bits per heavy atom. The van der Waals surface area contributed by atoms with Crippen LogP contribution in [-0.4, -0.2) is 16.9 Å². The number of benzene rings is 1. The van der Waals surface area contributed by atoms with E-state index in [1.54, 1.807) is 6.08 Å². The molecule has 0 aromatic heterocycles. The first-order valence-corrected chi connectivity index (χ1v) is 5.37.